The predicted octanol–water partition coefficient (Wildman–Crippen LogP) is 1.42. The second-order valence-electron chi connectivity index (χ2n) is 6.07. The summed E-state index contributed by atoms with van der Waals surface area (Å²) in [6.45, 7) is -0.451. The fourth-order valence-corrected chi connectivity index (χ4v) is 2.23. The summed E-state index contributed by atoms with van der Waals surface area (Å²) in [5, 5.41) is 38.8. The van der Waals surface area contributed by atoms with Crippen molar-refractivity contribution < 1.29 is 38.1 Å². The van der Waals surface area contributed by atoms with E-state index in [0.717, 1.165) is 16.6 Å². The molecule has 0 bridgehead atoms. The minimum atomic E-state index is -5.08. The standard InChI is InChI=1S/C16H17N5O3.C2HF3O2/c22-9-12(23)7-18-16(24)13-8-17-4-3-15(13)20-11-1-2-14-10(5-11)6-19-21-14;3-2(4,5)1(6)7/h1-6,8,12,22-23H,7,9H2,(H,17,20)(H,18,24)(H,19,21);(H,6,7). The van der Waals surface area contributed by atoms with E-state index in [1.165, 1.54) is 6.20 Å². The number of carboxylic acid groups (broad SMARTS) is 1. The van der Waals surface area contributed by atoms with Crippen molar-refractivity contribution in [2.75, 3.05) is 18.5 Å². The number of hydrogen-bond acceptors (Lipinski definition) is 7. The molecule has 1 amide bonds. The number of benzene rings is 1. The number of anilines is 2. The lowest BCUT2D eigenvalue weighted by molar-refractivity contribution is -0.192. The number of aliphatic carboxylic acids is 1. The Hall–Kier alpha value is -3.71. The van der Waals surface area contributed by atoms with Crippen molar-refractivity contribution in [2.45, 2.75) is 12.3 Å². The summed E-state index contributed by atoms with van der Waals surface area (Å²) in [4.78, 5) is 25.1. The Kier molecular flexibility index (Phi) is 7.88. The Bertz CT molecular complexity index is 1040. The van der Waals surface area contributed by atoms with Gasteiger partial charge in [0, 0.05) is 30.0 Å². The van der Waals surface area contributed by atoms with Crippen LogP contribution in [-0.4, -0.2) is 67.8 Å². The molecule has 13 heteroatoms. The topological polar surface area (TPSA) is 160 Å². The van der Waals surface area contributed by atoms with Gasteiger partial charge in [-0.1, -0.05) is 0 Å². The lowest BCUT2D eigenvalue weighted by Crippen LogP contribution is -2.34. The predicted molar refractivity (Wildman–Crippen MR) is 103 cm³/mol. The molecular formula is C18H18F3N5O5. The van der Waals surface area contributed by atoms with Crippen molar-refractivity contribution in [3.8, 4) is 0 Å². The molecule has 3 aromatic rings. The van der Waals surface area contributed by atoms with E-state index in [9.17, 15) is 23.1 Å². The maximum absolute atomic E-state index is 12.2. The molecule has 0 radical (unpaired) electrons. The van der Waals surface area contributed by atoms with Crippen molar-refractivity contribution >= 4 is 34.2 Å². The molecule has 0 spiro atoms. The van der Waals surface area contributed by atoms with Gasteiger partial charge in [0.05, 0.1) is 35.7 Å². The molecule has 1 aromatic carbocycles. The first-order valence-electron chi connectivity index (χ1n) is 8.63. The number of alkyl halides is 3. The first-order chi connectivity index (χ1) is 14.6. The molecule has 0 saturated carbocycles. The molecule has 0 aliphatic heterocycles. The highest BCUT2D eigenvalue weighted by atomic mass is 19.4. The molecular weight excluding hydrogens is 423 g/mol. The van der Waals surface area contributed by atoms with Crippen LogP contribution in [0.1, 0.15) is 10.4 Å². The summed E-state index contributed by atoms with van der Waals surface area (Å²) in [7, 11) is 0. The van der Waals surface area contributed by atoms with Crippen LogP contribution in [0.3, 0.4) is 0 Å². The zero-order valence-corrected chi connectivity index (χ0v) is 15.7. The van der Waals surface area contributed by atoms with Gasteiger partial charge in [0.25, 0.3) is 5.91 Å². The number of carbonyl (C=O) groups excluding carboxylic acids is 1. The third-order valence-corrected chi connectivity index (χ3v) is 3.74. The fraction of sp³-hybridized carbons (Fsp3) is 0.222. The third-order valence-electron chi connectivity index (χ3n) is 3.74. The Morgan fingerprint density at radius 1 is 1.19 bits per heavy atom. The highest BCUT2D eigenvalue weighted by molar-refractivity contribution is 6.00. The summed E-state index contributed by atoms with van der Waals surface area (Å²) in [6, 6.07) is 7.37. The molecule has 31 heavy (non-hydrogen) atoms. The first kappa shape index (κ1) is 23.6. The maximum Gasteiger partial charge on any atom is 0.490 e. The van der Waals surface area contributed by atoms with Crippen molar-refractivity contribution in [1.29, 1.82) is 0 Å². The Labute approximate surface area is 172 Å². The van der Waals surface area contributed by atoms with E-state index in [-0.39, 0.29) is 12.5 Å². The molecule has 1 atom stereocenters. The quantitative estimate of drug-likeness (QED) is 0.335. The van der Waals surface area contributed by atoms with E-state index < -0.39 is 24.9 Å². The van der Waals surface area contributed by atoms with Crippen molar-refractivity contribution in [1.82, 2.24) is 20.5 Å². The molecule has 0 fully saturated rings. The number of amides is 1. The van der Waals surface area contributed by atoms with E-state index in [4.69, 9.17) is 15.0 Å². The molecule has 0 saturated heterocycles. The summed E-state index contributed by atoms with van der Waals surface area (Å²) in [6.07, 6.45) is -1.33. The Morgan fingerprint density at radius 3 is 2.55 bits per heavy atom. The fourth-order valence-electron chi connectivity index (χ4n) is 2.23. The largest absolute Gasteiger partial charge is 0.490 e. The number of pyridine rings is 1. The number of nitrogens with one attached hydrogen (secondary N) is 3. The molecule has 3 rings (SSSR count). The maximum atomic E-state index is 12.2. The summed E-state index contributed by atoms with van der Waals surface area (Å²) in [5.74, 6) is -3.14. The highest BCUT2D eigenvalue weighted by Gasteiger charge is 2.38. The van der Waals surface area contributed by atoms with E-state index in [1.54, 1.807) is 18.5 Å². The first-order valence-corrected chi connectivity index (χ1v) is 8.63. The number of H-pyrrole nitrogens is 1. The molecule has 166 valence electrons. The summed E-state index contributed by atoms with van der Waals surface area (Å²) in [5.41, 5.74) is 2.66. The van der Waals surface area contributed by atoms with Crippen LogP contribution >= 0.6 is 0 Å². The number of rotatable bonds is 6. The van der Waals surface area contributed by atoms with Crippen molar-refractivity contribution in [2.24, 2.45) is 0 Å². The van der Waals surface area contributed by atoms with Crippen LogP contribution in [0.4, 0.5) is 24.5 Å². The van der Waals surface area contributed by atoms with Crippen LogP contribution in [0.25, 0.3) is 10.9 Å². The van der Waals surface area contributed by atoms with Crippen molar-refractivity contribution in [3.05, 3.63) is 48.4 Å². The van der Waals surface area contributed by atoms with Crippen LogP contribution < -0.4 is 10.6 Å². The number of aromatic amines is 1. The molecule has 2 heterocycles. The molecule has 1 unspecified atom stereocenters. The van der Waals surface area contributed by atoms with E-state index >= 15 is 0 Å². The van der Waals surface area contributed by atoms with Crippen LogP contribution in [0.15, 0.2) is 42.9 Å². The smallest absolute Gasteiger partial charge is 0.475 e. The summed E-state index contributed by atoms with van der Waals surface area (Å²) < 4.78 is 31.7. The Balaban J connectivity index is 0.000000423. The monoisotopic (exact) mass is 441 g/mol. The van der Waals surface area contributed by atoms with Gasteiger partial charge in [-0.3, -0.25) is 14.9 Å². The van der Waals surface area contributed by atoms with E-state index in [1.807, 2.05) is 18.2 Å². The SMILES string of the molecule is O=C(NCC(O)CO)c1cnccc1Nc1ccc2[nH]ncc2c1.O=C(O)C(F)(F)F. The molecule has 0 aliphatic carbocycles. The van der Waals surface area contributed by atoms with Crippen LogP contribution in [0.5, 0.6) is 0 Å². The number of hydrogen-bond donors (Lipinski definition) is 6. The van der Waals surface area contributed by atoms with Gasteiger partial charge < -0.3 is 26.0 Å². The van der Waals surface area contributed by atoms with Crippen molar-refractivity contribution in [3.63, 3.8) is 0 Å². The van der Waals surface area contributed by atoms with Gasteiger partial charge in [0.2, 0.25) is 0 Å². The summed E-state index contributed by atoms with van der Waals surface area (Å²) >= 11 is 0. The third kappa shape index (κ3) is 6.94. The number of aliphatic hydroxyl groups excluding tert-OH is 2. The lowest BCUT2D eigenvalue weighted by Gasteiger charge is -2.13. The second kappa shape index (κ2) is 10.4. The number of aromatic nitrogens is 3. The normalized spacial score (nSPS) is 11.9. The number of carboxylic acids is 1. The zero-order chi connectivity index (χ0) is 23.0. The van der Waals surface area contributed by atoms with Gasteiger partial charge in [0.15, 0.2) is 0 Å². The highest BCUT2D eigenvalue weighted by Crippen LogP contribution is 2.23. The van der Waals surface area contributed by atoms with Gasteiger partial charge >= 0.3 is 12.1 Å². The Morgan fingerprint density at radius 2 is 1.90 bits per heavy atom. The number of halogens is 3. The van der Waals surface area contributed by atoms with Crippen LogP contribution in [0, 0.1) is 0 Å². The van der Waals surface area contributed by atoms with E-state index in [2.05, 4.69) is 25.8 Å². The molecule has 10 nitrogen and oxygen atoms in total. The van der Waals surface area contributed by atoms with Gasteiger partial charge in [-0.25, -0.2) is 4.79 Å². The average molecular weight is 441 g/mol. The number of fused-ring (bicyclic) bond motifs is 1. The van der Waals surface area contributed by atoms with Crippen LogP contribution in [0.2, 0.25) is 0 Å². The number of carbonyl (C=O) groups is 2. The minimum absolute atomic E-state index is 0.0371. The molecule has 2 aromatic heterocycles. The van der Waals surface area contributed by atoms with Gasteiger partial charge in [0.1, 0.15) is 0 Å². The number of aliphatic hydroxyl groups is 2. The lowest BCUT2D eigenvalue weighted by atomic mass is 10.2. The zero-order valence-electron chi connectivity index (χ0n) is 15.7. The van der Waals surface area contributed by atoms with Gasteiger partial charge in [-0.15, -0.1) is 0 Å². The number of nitrogens with zero attached hydrogens (tertiary/aromatic N) is 2. The minimum Gasteiger partial charge on any atom is -0.475 e. The van der Waals surface area contributed by atoms with Gasteiger partial charge in [-0.2, -0.15) is 18.3 Å². The van der Waals surface area contributed by atoms with E-state index in [0.29, 0.717) is 11.3 Å². The van der Waals surface area contributed by atoms with Crippen LogP contribution in [-0.2, 0) is 4.79 Å². The van der Waals surface area contributed by atoms with Gasteiger partial charge in [-0.05, 0) is 24.3 Å². The average Bonchev–Trinajstić information content (AvgIpc) is 3.19. The second-order valence-corrected chi connectivity index (χ2v) is 6.07. The molecule has 6 N–H and O–H groups in total. The molecule has 0 aliphatic rings.